The van der Waals surface area contributed by atoms with Gasteiger partial charge < -0.3 is 14.7 Å². The van der Waals surface area contributed by atoms with Gasteiger partial charge >= 0.3 is 5.97 Å². The van der Waals surface area contributed by atoms with Gasteiger partial charge in [-0.3, -0.25) is 4.79 Å². The molecule has 2 heterocycles. The quantitative estimate of drug-likeness (QED) is 0.751. The summed E-state index contributed by atoms with van der Waals surface area (Å²) in [6.07, 6.45) is 2.46. The zero-order valence-corrected chi connectivity index (χ0v) is 9.44. The largest absolute Gasteiger partial charge is 0.480 e. The highest BCUT2D eigenvalue weighted by atomic mass is 16.5. The zero-order valence-electron chi connectivity index (χ0n) is 9.44. The zero-order chi connectivity index (χ0) is 11.8. The number of nitrogens with zero attached hydrogens (tertiary/aromatic N) is 1. The first-order chi connectivity index (χ1) is 7.55. The highest BCUT2D eigenvalue weighted by molar-refractivity contribution is 5.89. The first-order valence-electron chi connectivity index (χ1n) is 5.72. The lowest BCUT2D eigenvalue weighted by Gasteiger charge is -2.32. The van der Waals surface area contributed by atoms with E-state index in [0.717, 1.165) is 12.8 Å². The van der Waals surface area contributed by atoms with Crippen LogP contribution in [0.25, 0.3) is 0 Å². The molecule has 0 spiro atoms. The summed E-state index contributed by atoms with van der Waals surface area (Å²) in [4.78, 5) is 24.8. The van der Waals surface area contributed by atoms with Gasteiger partial charge in [-0.2, -0.15) is 0 Å². The van der Waals surface area contributed by atoms with Gasteiger partial charge in [-0.15, -0.1) is 0 Å². The van der Waals surface area contributed by atoms with E-state index in [0.29, 0.717) is 26.0 Å². The van der Waals surface area contributed by atoms with Crippen LogP contribution in [0.2, 0.25) is 0 Å². The molecule has 2 rings (SSSR count). The van der Waals surface area contributed by atoms with Crippen molar-refractivity contribution in [2.24, 2.45) is 0 Å². The highest BCUT2D eigenvalue weighted by Crippen LogP contribution is 2.31. The maximum absolute atomic E-state index is 12.1. The molecule has 2 aliphatic heterocycles. The van der Waals surface area contributed by atoms with Crippen molar-refractivity contribution in [2.75, 3.05) is 13.2 Å². The smallest absolute Gasteiger partial charge is 0.329 e. The van der Waals surface area contributed by atoms with Crippen molar-refractivity contribution >= 4 is 11.9 Å². The van der Waals surface area contributed by atoms with Gasteiger partial charge in [-0.25, -0.2) is 4.79 Å². The summed E-state index contributed by atoms with van der Waals surface area (Å²) < 4.78 is 5.32. The van der Waals surface area contributed by atoms with Crippen molar-refractivity contribution in [1.82, 2.24) is 4.90 Å². The van der Waals surface area contributed by atoms with Crippen LogP contribution in [0.1, 0.15) is 32.6 Å². The van der Waals surface area contributed by atoms with Gasteiger partial charge in [-0.1, -0.05) is 0 Å². The Labute approximate surface area is 94.4 Å². The van der Waals surface area contributed by atoms with Crippen molar-refractivity contribution in [3.8, 4) is 0 Å². The van der Waals surface area contributed by atoms with E-state index in [-0.39, 0.29) is 5.91 Å². The van der Waals surface area contributed by atoms with Gasteiger partial charge in [0.2, 0.25) is 0 Å². The second-order valence-electron chi connectivity index (χ2n) is 4.67. The topological polar surface area (TPSA) is 66.8 Å². The fourth-order valence-corrected chi connectivity index (χ4v) is 2.49. The number of carboxylic acid groups (broad SMARTS) is 1. The third-order valence-electron chi connectivity index (χ3n) is 3.57. The molecule has 5 heteroatoms. The van der Waals surface area contributed by atoms with Crippen LogP contribution in [0.5, 0.6) is 0 Å². The van der Waals surface area contributed by atoms with Gasteiger partial charge in [0.25, 0.3) is 5.91 Å². The molecule has 2 atom stereocenters. The SMILES string of the molecule is CC1(C(=O)O)CCCN1C(=O)[C@@H]1CCCO1. The molecule has 16 heavy (non-hydrogen) atoms. The molecule has 0 saturated carbocycles. The molecule has 1 unspecified atom stereocenters. The number of ether oxygens (including phenoxy) is 1. The number of amides is 1. The normalized spacial score (nSPS) is 34.3. The van der Waals surface area contributed by atoms with E-state index in [4.69, 9.17) is 4.74 Å². The first-order valence-corrected chi connectivity index (χ1v) is 5.72. The Bertz CT molecular complexity index is 311. The number of hydrogen-bond donors (Lipinski definition) is 1. The summed E-state index contributed by atoms with van der Waals surface area (Å²) in [6.45, 7) is 2.75. The Hall–Kier alpha value is -1.10. The van der Waals surface area contributed by atoms with E-state index >= 15 is 0 Å². The van der Waals surface area contributed by atoms with Crippen molar-refractivity contribution in [3.05, 3.63) is 0 Å². The van der Waals surface area contributed by atoms with Gasteiger partial charge in [-0.05, 0) is 32.6 Å². The van der Waals surface area contributed by atoms with Crippen molar-refractivity contribution in [3.63, 3.8) is 0 Å². The molecule has 0 aromatic heterocycles. The molecule has 1 N–H and O–H groups in total. The van der Waals surface area contributed by atoms with Crippen LogP contribution in [0.4, 0.5) is 0 Å². The van der Waals surface area contributed by atoms with Gasteiger partial charge in [0, 0.05) is 13.2 Å². The molecule has 0 radical (unpaired) electrons. The molecule has 2 aliphatic rings. The average molecular weight is 227 g/mol. The van der Waals surface area contributed by atoms with Crippen molar-refractivity contribution in [2.45, 2.75) is 44.2 Å². The van der Waals surface area contributed by atoms with Crippen LogP contribution in [0.15, 0.2) is 0 Å². The summed E-state index contributed by atoms with van der Waals surface area (Å²) in [6, 6.07) is 0. The third-order valence-corrected chi connectivity index (χ3v) is 3.57. The number of aliphatic carboxylic acids is 1. The minimum atomic E-state index is -1.04. The maximum Gasteiger partial charge on any atom is 0.329 e. The summed E-state index contributed by atoms with van der Waals surface area (Å²) in [5, 5.41) is 9.20. The van der Waals surface area contributed by atoms with E-state index in [9.17, 15) is 14.7 Å². The van der Waals surface area contributed by atoms with Crippen LogP contribution in [-0.4, -0.2) is 46.7 Å². The fraction of sp³-hybridized carbons (Fsp3) is 0.818. The molecule has 0 aromatic carbocycles. The van der Waals surface area contributed by atoms with Crippen LogP contribution in [0.3, 0.4) is 0 Å². The fourth-order valence-electron chi connectivity index (χ4n) is 2.49. The van der Waals surface area contributed by atoms with Crippen LogP contribution in [0, 0.1) is 0 Å². The molecular formula is C11H17NO4. The molecule has 5 nitrogen and oxygen atoms in total. The Kier molecular flexibility index (Phi) is 2.88. The number of rotatable bonds is 2. The molecule has 2 fully saturated rings. The number of carbonyl (C=O) groups is 2. The van der Waals surface area contributed by atoms with E-state index in [1.807, 2.05) is 0 Å². The summed E-state index contributed by atoms with van der Waals surface area (Å²) >= 11 is 0. The van der Waals surface area contributed by atoms with Gasteiger partial charge in [0.1, 0.15) is 11.6 Å². The van der Waals surface area contributed by atoms with Crippen molar-refractivity contribution in [1.29, 1.82) is 0 Å². The summed E-state index contributed by atoms with van der Waals surface area (Å²) in [5.74, 6) is -1.07. The van der Waals surface area contributed by atoms with Crippen molar-refractivity contribution < 1.29 is 19.4 Å². The van der Waals surface area contributed by atoms with Gasteiger partial charge in [0.05, 0.1) is 0 Å². The number of hydrogen-bond acceptors (Lipinski definition) is 3. The predicted molar refractivity (Wildman–Crippen MR) is 56.0 cm³/mol. The monoisotopic (exact) mass is 227 g/mol. The minimum absolute atomic E-state index is 0.153. The lowest BCUT2D eigenvalue weighted by Crippen LogP contribution is -2.53. The van der Waals surface area contributed by atoms with Crippen LogP contribution >= 0.6 is 0 Å². The van der Waals surface area contributed by atoms with Crippen LogP contribution in [-0.2, 0) is 14.3 Å². The third kappa shape index (κ3) is 1.69. The molecule has 1 amide bonds. The maximum atomic E-state index is 12.1. The summed E-state index contributed by atoms with van der Waals surface area (Å²) in [7, 11) is 0. The van der Waals surface area contributed by atoms with E-state index in [1.54, 1.807) is 6.92 Å². The lowest BCUT2D eigenvalue weighted by molar-refractivity contribution is -0.159. The molecule has 0 aliphatic carbocycles. The second-order valence-corrected chi connectivity index (χ2v) is 4.67. The summed E-state index contributed by atoms with van der Waals surface area (Å²) in [5.41, 5.74) is -1.04. The highest BCUT2D eigenvalue weighted by Gasteiger charge is 2.47. The number of carbonyl (C=O) groups excluding carboxylic acids is 1. The van der Waals surface area contributed by atoms with Gasteiger partial charge in [0.15, 0.2) is 0 Å². The predicted octanol–water partition coefficient (Wildman–Crippen LogP) is 0.631. The van der Waals surface area contributed by atoms with E-state index < -0.39 is 17.6 Å². The Morgan fingerprint density at radius 1 is 1.44 bits per heavy atom. The molecule has 90 valence electrons. The van der Waals surface area contributed by atoms with E-state index in [2.05, 4.69) is 0 Å². The Morgan fingerprint density at radius 3 is 2.75 bits per heavy atom. The lowest BCUT2D eigenvalue weighted by atomic mass is 9.98. The Balaban J connectivity index is 2.13. The van der Waals surface area contributed by atoms with Crippen LogP contribution < -0.4 is 0 Å². The molecule has 0 bridgehead atoms. The number of carboxylic acids is 1. The molecular weight excluding hydrogens is 210 g/mol. The molecule has 0 aromatic rings. The number of likely N-dealkylation sites (tertiary alicyclic amines) is 1. The Morgan fingerprint density at radius 2 is 2.19 bits per heavy atom. The molecule has 2 saturated heterocycles. The first kappa shape index (κ1) is 11.4. The van der Waals surface area contributed by atoms with E-state index in [1.165, 1.54) is 4.90 Å². The second kappa shape index (κ2) is 4.05. The minimum Gasteiger partial charge on any atom is -0.480 e. The standard InChI is InChI=1S/C11H17NO4/c1-11(10(14)15)5-3-6-12(11)9(13)8-4-2-7-16-8/h8H,2-7H2,1H3,(H,14,15)/t8-,11?/m0/s1. The average Bonchev–Trinajstić information content (AvgIpc) is 2.85.